The molecule has 0 aromatic rings. The summed E-state index contributed by atoms with van der Waals surface area (Å²) in [6.45, 7) is 19.3. The first-order valence-corrected chi connectivity index (χ1v) is 9.57. The highest BCUT2D eigenvalue weighted by Crippen LogP contribution is 2.42. The van der Waals surface area contributed by atoms with Crippen molar-refractivity contribution in [2.24, 2.45) is 0 Å². The Kier molecular flexibility index (Phi) is 3.50. The van der Waals surface area contributed by atoms with E-state index in [1.54, 1.807) is 0 Å². The van der Waals surface area contributed by atoms with E-state index in [1.165, 1.54) is 0 Å². The molecule has 0 spiro atoms. The zero-order valence-electron chi connectivity index (χ0n) is 11.8. The molecule has 0 aromatic heterocycles. The molecule has 1 rings (SSSR count). The van der Waals surface area contributed by atoms with Crippen LogP contribution in [-0.4, -0.2) is 26.4 Å². The fourth-order valence-corrected chi connectivity index (χ4v) is 3.57. The van der Waals surface area contributed by atoms with Gasteiger partial charge in [-0.2, -0.15) is 0 Å². The molecule has 0 amide bonds. The smallest absolute Gasteiger partial charge is 0.403 e. The zero-order valence-corrected chi connectivity index (χ0v) is 12.8. The lowest BCUT2D eigenvalue weighted by Crippen LogP contribution is -2.41. The van der Waals surface area contributed by atoms with E-state index in [9.17, 15) is 0 Å². The predicted octanol–water partition coefficient (Wildman–Crippen LogP) is 3.51. The minimum absolute atomic E-state index is 0.130. The Hall–Kier alpha value is -0.0582. The van der Waals surface area contributed by atoms with Gasteiger partial charge in [-0.15, -0.1) is 6.58 Å². The molecule has 1 atom stereocenters. The molecule has 0 radical (unpaired) electrons. The van der Waals surface area contributed by atoms with Crippen molar-refractivity contribution in [1.29, 1.82) is 0 Å². The predicted molar refractivity (Wildman–Crippen MR) is 73.4 cm³/mol. The first kappa shape index (κ1) is 14.0. The van der Waals surface area contributed by atoms with E-state index in [-0.39, 0.29) is 18.3 Å². The summed E-state index contributed by atoms with van der Waals surface area (Å²) in [6.07, 6.45) is 2.01. The minimum atomic E-state index is -1.34. The Labute approximate surface area is 102 Å². The lowest BCUT2D eigenvalue weighted by atomic mass is 9.84. The van der Waals surface area contributed by atoms with Crippen molar-refractivity contribution < 1.29 is 9.31 Å². The third kappa shape index (κ3) is 2.44. The van der Waals surface area contributed by atoms with Crippen LogP contribution in [0.3, 0.4) is 0 Å². The van der Waals surface area contributed by atoms with E-state index in [0.29, 0.717) is 5.44 Å². The molecule has 1 fully saturated rings. The number of hydrogen-bond donors (Lipinski definition) is 0. The Morgan fingerprint density at radius 1 is 1.06 bits per heavy atom. The summed E-state index contributed by atoms with van der Waals surface area (Å²) in [4.78, 5) is 0. The monoisotopic (exact) mass is 240 g/mol. The van der Waals surface area contributed by atoms with Crippen LogP contribution in [0.15, 0.2) is 12.7 Å². The van der Waals surface area contributed by atoms with E-state index in [1.807, 2.05) is 6.08 Å². The fraction of sp³-hybridized carbons (Fsp3) is 0.833. The van der Waals surface area contributed by atoms with Gasteiger partial charge in [0.15, 0.2) is 0 Å². The average Bonchev–Trinajstić information content (AvgIpc) is 2.18. The van der Waals surface area contributed by atoms with Crippen molar-refractivity contribution in [3.05, 3.63) is 12.7 Å². The largest absolute Gasteiger partial charge is 0.462 e. The second-order valence-electron chi connectivity index (χ2n) is 6.75. The Morgan fingerprint density at radius 3 is 1.69 bits per heavy atom. The van der Waals surface area contributed by atoms with Crippen LogP contribution in [-0.2, 0) is 9.31 Å². The molecule has 0 saturated carbocycles. The van der Waals surface area contributed by atoms with Crippen molar-refractivity contribution in [1.82, 2.24) is 0 Å². The summed E-state index contributed by atoms with van der Waals surface area (Å²) in [6, 6.07) is 0. The molecule has 4 heteroatoms. The summed E-state index contributed by atoms with van der Waals surface area (Å²) in [7, 11) is -1.48. The molecule has 1 aliphatic heterocycles. The molecule has 0 aliphatic carbocycles. The Bertz CT molecular complexity index is 265. The van der Waals surface area contributed by atoms with Crippen molar-refractivity contribution in [3.8, 4) is 0 Å². The maximum atomic E-state index is 6.08. The molecular weight excluding hydrogens is 215 g/mol. The highest BCUT2D eigenvalue weighted by Gasteiger charge is 2.55. The highest BCUT2D eigenvalue weighted by molar-refractivity contribution is 6.87. The third-order valence-electron chi connectivity index (χ3n) is 3.82. The summed E-state index contributed by atoms with van der Waals surface area (Å²) in [5.74, 6) is 0. The molecule has 0 aromatic carbocycles. The van der Waals surface area contributed by atoms with Crippen LogP contribution in [0.2, 0.25) is 25.1 Å². The van der Waals surface area contributed by atoms with Crippen molar-refractivity contribution in [2.45, 2.75) is 64.0 Å². The Morgan fingerprint density at radius 2 is 1.44 bits per heavy atom. The van der Waals surface area contributed by atoms with Gasteiger partial charge in [0, 0.05) is 5.44 Å². The van der Waals surface area contributed by atoms with Gasteiger partial charge in [0.05, 0.1) is 19.3 Å². The van der Waals surface area contributed by atoms with Crippen LogP contribution in [0.1, 0.15) is 27.7 Å². The van der Waals surface area contributed by atoms with Crippen LogP contribution in [0.5, 0.6) is 0 Å². The van der Waals surface area contributed by atoms with Gasteiger partial charge >= 0.3 is 7.12 Å². The Balaban J connectivity index is 2.90. The van der Waals surface area contributed by atoms with E-state index < -0.39 is 8.07 Å². The highest BCUT2D eigenvalue weighted by atomic mass is 28.3. The lowest BCUT2D eigenvalue weighted by molar-refractivity contribution is 0.00578. The van der Waals surface area contributed by atoms with E-state index >= 15 is 0 Å². The average molecular weight is 240 g/mol. The fourth-order valence-electron chi connectivity index (χ4n) is 1.91. The summed E-state index contributed by atoms with van der Waals surface area (Å²) >= 11 is 0. The molecule has 1 aliphatic rings. The van der Waals surface area contributed by atoms with Gasteiger partial charge < -0.3 is 9.31 Å². The lowest BCUT2D eigenvalue weighted by Gasteiger charge is -2.32. The number of allylic oxidation sites excluding steroid dienone is 1. The molecule has 16 heavy (non-hydrogen) atoms. The van der Waals surface area contributed by atoms with Crippen LogP contribution >= 0.6 is 0 Å². The molecule has 1 unspecified atom stereocenters. The van der Waals surface area contributed by atoms with E-state index in [2.05, 4.69) is 53.9 Å². The van der Waals surface area contributed by atoms with E-state index in [0.717, 1.165) is 0 Å². The van der Waals surface area contributed by atoms with Gasteiger partial charge in [-0.05, 0) is 27.7 Å². The second-order valence-corrected chi connectivity index (χ2v) is 12.2. The van der Waals surface area contributed by atoms with Gasteiger partial charge in [-0.25, -0.2) is 0 Å². The van der Waals surface area contributed by atoms with E-state index in [4.69, 9.17) is 9.31 Å². The van der Waals surface area contributed by atoms with Crippen molar-refractivity contribution in [2.75, 3.05) is 0 Å². The molecule has 0 N–H and O–H groups in total. The SMILES string of the molecule is C=CC(B1OC(C)(C)C(C)(C)O1)[Si](C)(C)C. The van der Waals surface area contributed by atoms with Gasteiger partial charge in [0.25, 0.3) is 0 Å². The van der Waals surface area contributed by atoms with Crippen LogP contribution in [0.25, 0.3) is 0 Å². The maximum Gasteiger partial charge on any atom is 0.462 e. The third-order valence-corrected chi connectivity index (χ3v) is 6.33. The summed E-state index contributed by atoms with van der Waals surface area (Å²) in [5.41, 5.74) is -0.134. The molecular formula is C12H25BO2Si. The van der Waals surface area contributed by atoms with Crippen LogP contribution < -0.4 is 0 Å². The molecule has 1 saturated heterocycles. The van der Waals surface area contributed by atoms with Gasteiger partial charge in [0.2, 0.25) is 0 Å². The van der Waals surface area contributed by atoms with Gasteiger partial charge in [-0.1, -0.05) is 25.7 Å². The minimum Gasteiger partial charge on any atom is -0.403 e. The maximum absolute atomic E-state index is 6.08. The summed E-state index contributed by atoms with van der Waals surface area (Å²) < 4.78 is 12.2. The quantitative estimate of drug-likeness (QED) is 0.555. The molecule has 2 nitrogen and oxygen atoms in total. The van der Waals surface area contributed by atoms with Crippen molar-refractivity contribution >= 4 is 15.2 Å². The van der Waals surface area contributed by atoms with Gasteiger partial charge in [0.1, 0.15) is 0 Å². The number of rotatable bonds is 3. The molecule has 1 heterocycles. The zero-order chi connectivity index (χ0) is 12.8. The standard InChI is InChI=1S/C12H25BO2Si/c1-9-10(16(6,7)8)13-14-11(2,3)12(4,5)15-13/h9-10H,1H2,2-8H3. The molecule has 0 bridgehead atoms. The van der Waals surface area contributed by atoms with Gasteiger partial charge in [-0.3, -0.25) is 0 Å². The van der Waals surface area contributed by atoms with Crippen LogP contribution in [0, 0.1) is 0 Å². The number of hydrogen-bond acceptors (Lipinski definition) is 2. The van der Waals surface area contributed by atoms with Crippen LogP contribution in [0.4, 0.5) is 0 Å². The first-order valence-electron chi connectivity index (χ1n) is 5.99. The first-order chi connectivity index (χ1) is 7.01. The molecule has 92 valence electrons. The topological polar surface area (TPSA) is 18.5 Å². The van der Waals surface area contributed by atoms with Crippen molar-refractivity contribution in [3.63, 3.8) is 0 Å². The second kappa shape index (κ2) is 4.00. The normalized spacial score (nSPS) is 25.6. The summed E-state index contributed by atoms with van der Waals surface area (Å²) in [5, 5.41) is 0.